The van der Waals surface area contributed by atoms with E-state index < -0.39 is 30.8 Å². The molecule has 0 aliphatic carbocycles. The van der Waals surface area contributed by atoms with Gasteiger partial charge in [-0.15, -0.1) is 0 Å². The molecule has 5 rings (SSSR count). The van der Waals surface area contributed by atoms with Crippen LogP contribution >= 0.6 is 0 Å². The summed E-state index contributed by atoms with van der Waals surface area (Å²) in [5.41, 5.74) is 1.18. The third-order valence-electron chi connectivity index (χ3n) is 6.95. The lowest BCUT2D eigenvalue weighted by Gasteiger charge is -2.33. The van der Waals surface area contributed by atoms with Gasteiger partial charge < -0.3 is 33.9 Å². The molecule has 3 aromatic heterocycles. The van der Waals surface area contributed by atoms with Crippen LogP contribution in [0.2, 0.25) is 0 Å². The molecule has 2 atom stereocenters. The maximum Gasteiger partial charge on any atom is 0.406 e. The number of hydrogen-bond acceptors (Lipinski definition) is 8. The molecule has 0 saturated carbocycles. The van der Waals surface area contributed by atoms with Gasteiger partial charge in [0.15, 0.2) is 0 Å². The van der Waals surface area contributed by atoms with Gasteiger partial charge in [-0.3, -0.25) is 4.79 Å². The highest BCUT2D eigenvalue weighted by Gasteiger charge is 2.32. The zero-order valence-electron chi connectivity index (χ0n) is 22.5. The second-order valence-corrected chi connectivity index (χ2v) is 9.95. The lowest BCUT2D eigenvalue weighted by atomic mass is 10.0. The molecule has 2 N–H and O–H groups in total. The summed E-state index contributed by atoms with van der Waals surface area (Å²) in [6.07, 6.45) is -2.20. The number of amides is 1. The number of benzene rings is 1. The van der Waals surface area contributed by atoms with Gasteiger partial charge in [-0.05, 0) is 31.7 Å². The first-order valence-electron chi connectivity index (χ1n) is 13.0. The smallest absolute Gasteiger partial charge is 0.383 e. The number of piperidine rings is 1. The maximum absolute atomic E-state index is 14.7. The number of carbonyl (C=O) groups is 1. The molecule has 0 spiro atoms. The number of halogens is 4. The van der Waals surface area contributed by atoms with Crippen LogP contribution in [0.1, 0.15) is 22.8 Å². The molecule has 1 saturated heterocycles. The minimum atomic E-state index is -4.53. The number of ether oxygens (including phenoxy) is 1. The van der Waals surface area contributed by atoms with Gasteiger partial charge in [0, 0.05) is 37.8 Å². The summed E-state index contributed by atoms with van der Waals surface area (Å²) >= 11 is 0. The Morgan fingerprint density at radius 3 is 2.88 bits per heavy atom. The van der Waals surface area contributed by atoms with Crippen molar-refractivity contribution in [3.05, 3.63) is 48.4 Å². The van der Waals surface area contributed by atoms with E-state index in [4.69, 9.17) is 9.26 Å². The lowest BCUT2D eigenvalue weighted by Crippen LogP contribution is -2.46. The Morgan fingerprint density at radius 1 is 1.29 bits per heavy atom. The Hall–Kier alpha value is -3.98. The van der Waals surface area contributed by atoms with Gasteiger partial charge in [0.1, 0.15) is 18.4 Å². The summed E-state index contributed by atoms with van der Waals surface area (Å²) in [7, 11) is 3.39. The Bertz CT molecular complexity index is 1500. The zero-order chi connectivity index (χ0) is 29.1. The Kier molecular flexibility index (Phi) is 8.26. The number of aromatic nitrogens is 5. The molecule has 11 nitrogen and oxygen atoms in total. The minimum absolute atomic E-state index is 0.00469. The van der Waals surface area contributed by atoms with Crippen molar-refractivity contribution < 1.29 is 31.6 Å². The van der Waals surface area contributed by atoms with E-state index in [9.17, 15) is 22.4 Å². The summed E-state index contributed by atoms with van der Waals surface area (Å²) in [5.74, 6) is -0.515. The van der Waals surface area contributed by atoms with Crippen molar-refractivity contribution in [1.82, 2.24) is 34.5 Å². The lowest BCUT2D eigenvalue weighted by molar-refractivity contribution is -0.139. The molecular weight excluding hydrogens is 548 g/mol. The number of nitrogens with zero attached hydrogens (tertiary/aromatic N) is 6. The standard InChI is InChI=1S/C26H30F4N8O3/c1-36-7-6-19(17(27)13-36)33-18-4-3-5-20-16(18)10-21(38(20)14-26(28,29)30)24-34-23(41-35-24)12-32-25(39)22-11-31-15-37(22)8-9-40-2/h3-5,10-11,15,17,19,33H,6-9,12-14H2,1-2H3,(H,32,39)/t17-,19+/m0/s1. The molecule has 1 aliphatic rings. The van der Waals surface area contributed by atoms with Crippen molar-refractivity contribution >= 4 is 22.5 Å². The maximum atomic E-state index is 14.7. The Labute approximate surface area is 232 Å². The van der Waals surface area contributed by atoms with E-state index in [0.29, 0.717) is 42.9 Å². The summed E-state index contributed by atoms with van der Waals surface area (Å²) in [6.45, 7) is 0.341. The molecule has 4 aromatic rings. The van der Waals surface area contributed by atoms with E-state index >= 15 is 0 Å². The van der Waals surface area contributed by atoms with Crippen molar-refractivity contribution in [2.45, 2.75) is 44.4 Å². The monoisotopic (exact) mass is 578 g/mol. The molecule has 0 unspecified atom stereocenters. The van der Waals surface area contributed by atoms with Gasteiger partial charge >= 0.3 is 6.18 Å². The van der Waals surface area contributed by atoms with Crippen LogP contribution in [0.15, 0.2) is 41.3 Å². The topological polar surface area (TPSA) is 115 Å². The fourth-order valence-corrected chi connectivity index (χ4v) is 4.92. The van der Waals surface area contributed by atoms with Gasteiger partial charge in [-0.25, -0.2) is 9.37 Å². The SMILES string of the molecule is COCCn1cncc1C(=O)NCc1nc(-c2cc3c(N[C@@H]4CCN(C)C[C@@H]4F)cccc3n2CC(F)(F)F)no1. The Morgan fingerprint density at radius 2 is 2.12 bits per heavy atom. The average molecular weight is 579 g/mol. The number of anilines is 1. The summed E-state index contributed by atoms with van der Waals surface area (Å²) < 4.78 is 68.6. The normalized spacial score (nSPS) is 18.2. The molecule has 1 fully saturated rings. The van der Waals surface area contributed by atoms with E-state index in [1.165, 1.54) is 18.6 Å². The first-order valence-corrected chi connectivity index (χ1v) is 13.0. The summed E-state index contributed by atoms with van der Waals surface area (Å²) in [5, 5.41) is 10.2. The van der Waals surface area contributed by atoms with Crippen LogP contribution in [0, 0.1) is 0 Å². The number of rotatable bonds is 10. The van der Waals surface area contributed by atoms with Crippen LogP contribution in [0.25, 0.3) is 22.4 Å². The first-order chi connectivity index (χ1) is 19.6. The number of alkyl halides is 4. The van der Waals surface area contributed by atoms with Crippen molar-refractivity contribution in [3.8, 4) is 11.5 Å². The van der Waals surface area contributed by atoms with Crippen LogP contribution in [0.4, 0.5) is 23.2 Å². The fraction of sp³-hybridized carbons (Fsp3) is 0.462. The molecular formula is C26H30F4N8O3. The number of imidazole rings is 1. The summed E-state index contributed by atoms with van der Waals surface area (Å²) in [6, 6.07) is 5.96. The third kappa shape index (κ3) is 6.51. The zero-order valence-corrected chi connectivity index (χ0v) is 22.5. The number of fused-ring (bicyclic) bond motifs is 1. The van der Waals surface area contributed by atoms with Crippen LogP contribution in [0.5, 0.6) is 0 Å². The minimum Gasteiger partial charge on any atom is -0.383 e. The van der Waals surface area contributed by atoms with Crippen molar-refractivity contribution in [2.75, 3.05) is 39.2 Å². The molecule has 15 heteroatoms. The summed E-state index contributed by atoms with van der Waals surface area (Å²) in [4.78, 5) is 22.8. The number of hydrogen-bond donors (Lipinski definition) is 2. The van der Waals surface area contributed by atoms with Gasteiger partial charge in [0.2, 0.25) is 11.7 Å². The van der Waals surface area contributed by atoms with E-state index in [1.54, 1.807) is 29.9 Å². The number of methoxy groups -OCH3 is 1. The molecule has 0 radical (unpaired) electrons. The van der Waals surface area contributed by atoms with Crippen LogP contribution in [0.3, 0.4) is 0 Å². The van der Waals surface area contributed by atoms with E-state index in [0.717, 1.165) is 4.57 Å². The first kappa shape index (κ1) is 28.5. The number of nitrogens with one attached hydrogen (secondary N) is 2. The largest absolute Gasteiger partial charge is 0.406 e. The van der Waals surface area contributed by atoms with Crippen molar-refractivity contribution in [2.24, 2.45) is 0 Å². The molecule has 220 valence electrons. The predicted octanol–water partition coefficient (Wildman–Crippen LogP) is 3.48. The van der Waals surface area contributed by atoms with E-state index in [-0.39, 0.29) is 36.0 Å². The highest BCUT2D eigenvalue weighted by Crippen LogP contribution is 2.35. The van der Waals surface area contributed by atoms with Gasteiger partial charge in [0.05, 0.1) is 42.9 Å². The molecule has 1 aromatic carbocycles. The fourth-order valence-electron chi connectivity index (χ4n) is 4.92. The molecule has 4 heterocycles. The van der Waals surface area contributed by atoms with Crippen LogP contribution < -0.4 is 10.6 Å². The molecule has 0 bridgehead atoms. The van der Waals surface area contributed by atoms with Gasteiger partial charge in [-0.1, -0.05) is 11.2 Å². The molecule has 1 aliphatic heterocycles. The quantitative estimate of drug-likeness (QED) is 0.275. The van der Waals surface area contributed by atoms with E-state index in [1.807, 2.05) is 11.9 Å². The second kappa shape index (κ2) is 11.9. The third-order valence-corrected chi connectivity index (χ3v) is 6.95. The van der Waals surface area contributed by atoms with Gasteiger partial charge in [0.25, 0.3) is 5.91 Å². The highest BCUT2D eigenvalue weighted by atomic mass is 19.4. The van der Waals surface area contributed by atoms with Gasteiger partial charge in [-0.2, -0.15) is 18.2 Å². The predicted molar refractivity (Wildman–Crippen MR) is 141 cm³/mol. The van der Waals surface area contributed by atoms with Crippen LogP contribution in [-0.2, 0) is 24.4 Å². The highest BCUT2D eigenvalue weighted by molar-refractivity contribution is 5.96. The molecule has 41 heavy (non-hydrogen) atoms. The number of likely N-dealkylation sites (tertiary alicyclic amines) is 1. The Balaban J connectivity index is 1.39. The second-order valence-electron chi connectivity index (χ2n) is 9.95. The van der Waals surface area contributed by atoms with Crippen LogP contribution in [-0.4, -0.2) is 87.3 Å². The van der Waals surface area contributed by atoms with Crippen molar-refractivity contribution in [1.29, 1.82) is 0 Å². The van der Waals surface area contributed by atoms with Crippen molar-refractivity contribution in [3.63, 3.8) is 0 Å². The molecule has 1 amide bonds. The average Bonchev–Trinajstić information content (AvgIpc) is 3.66. The number of carbonyl (C=O) groups excluding carboxylic acids is 1. The van der Waals surface area contributed by atoms with E-state index in [2.05, 4.69) is 25.8 Å².